The highest BCUT2D eigenvalue weighted by atomic mass is 16.3. The molecular formula is C16H29NO2. The first-order valence-electron chi connectivity index (χ1n) is 8.09. The second kappa shape index (κ2) is 7.28. The lowest BCUT2D eigenvalue weighted by atomic mass is 9.79. The van der Waals surface area contributed by atoms with Gasteiger partial charge in [-0.05, 0) is 56.3 Å². The zero-order chi connectivity index (χ0) is 13.7. The van der Waals surface area contributed by atoms with Gasteiger partial charge in [-0.15, -0.1) is 0 Å². The number of carbonyl (C=O) groups is 1. The summed E-state index contributed by atoms with van der Waals surface area (Å²) in [6, 6.07) is 0. The molecule has 0 radical (unpaired) electrons. The molecule has 0 aromatic rings. The Bertz CT molecular complexity index is 284. The summed E-state index contributed by atoms with van der Waals surface area (Å²) in [5, 5.41) is 12.5. The Morgan fingerprint density at radius 3 is 2.32 bits per heavy atom. The zero-order valence-corrected chi connectivity index (χ0v) is 12.2. The second-order valence-corrected chi connectivity index (χ2v) is 6.69. The lowest BCUT2D eigenvalue weighted by molar-refractivity contribution is -0.126. The quantitative estimate of drug-likeness (QED) is 0.823. The van der Waals surface area contributed by atoms with E-state index in [4.69, 9.17) is 0 Å². The predicted octanol–water partition coefficient (Wildman–Crippen LogP) is 2.73. The van der Waals surface area contributed by atoms with Crippen LogP contribution >= 0.6 is 0 Å². The molecule has 2 aliphatic carbocycles. The van der Waals surface area contributed by atoms with E-state index in [1.807, 2.05) is 0 Å². The van der Waals surface area contributed by atoms with E-state index in [0.717, 1.165) is 38.1 Å². The molecule has 0 aromatic carbocycles. The molecule has 2 fully saturated rings. The van der Waals surface area contributed by atoms with Crippen molar-refractivity contribution in [2.24, 2.45) is 23.7 Å². The summed E-state index contributed by atoms with van der Waals surface area (Å²) in [5.41, 5.74) is 0. The lowest BCUT2D eigenvalue weighted by Crippen LogP contribution is -2.39. The highest BCUT2D eigenvalue weighted by Crippen LogP contribution is 2.30. The van der Waals surface area contributed by atoms with Gasteiger partial charge in [-0.3, -0.25) is 4.79 Å². The van der Waals surface area contributed by atoms with Crippen LogP contribution in [0.3, 0.4) is 0 Å². The molecule has 1 amide bonds. The molecule has 3 heteroatoms. The molecule has 0 heterocycles. The average molecular weight is 267 g/mol. The van der Waals surface area contributed by atoms with Crippen LogP contribution in [0, 0.1) is 23.7 Å². The molecule has 2 N–H and O–H groups in total. The Balaban J connectivity index is 1.73. The zero-order valence-electron chi connectivity index (χ0n) is 12.2. The van der Waals surface area contributed by atoms with Gasteiger partial charge in [0.05, 0.1) is 0 Å². The largest absolute Gasteiger partial charge is 0.396 e. The molecule has 0 aromatic heterocycles. The van der Waals surface area contributed by atoms with Crippen molar-refractivity contribution in [3.63, 3.8) is 0 Å². The minimum Gasteiger partial charge on any atom is -0.396 e. The fourth-order valence-corrected chi connectivity index (χ4v) is 3.69. The van der Waals surface area contributed by atoms with Crippen LogP contribution in [0.15, 0.2) is 0 Å². The number of aliphatic hydroxyl groups excluding tert-OH is 1. The maximum Gasteiger partial charge on any atom is 0.223 e. The number of rotatable bonds is 4. The Hall–Kier alpha value is -0.570. The Labute approximate surface area is 117 Å². The molecule has 0 bridgehead atoms. The summed E-state index contributed by atoms with van der Waals surface area (Å²) >= 11 is 0. The molecule has 2 aliphatic rings. The second-order valence-electron chi connectivity index (χ2n) is 6.69. The molecule has 3 nitrogen and oxygen atoms in total. The lowest BCUT2D eigenvalue weighted by Gasteiger charge is -2.31. The van der Waals surface area contributed by atoms with Crippen LogP contribution in [0.4, 0.5) is 0 Å². The van der Waals surface area contributed by atoms with Gasteiger partial charge in [0.15, 0.2) is 0 Å². The summed E-state index contributed by atoms with van der Waals surface area (Å²) in [6.07, 6.45) is 9.27. The first-order valence-corrected chi connectivity index (χ1v) is 8.09. The number of carbonyl (C=O) groups excluding carboxylic acids is 1. The predicted molar refractivity (Wildman–Crippen MR) is 76.7 cm³/mol. The third-order valence-corrected chi connectivity index (χ3v) is 5.23. The minimum absolute atomic E-state index is 0.243. The Morgan fingerprint density at radius 1 is 1.05 bits per heavy atom. The van der Waals surface area contributed by atoms with Crippen LogP contribution in [0.25, 0.3) is 0 Å². The average Bonchev–Trinajstić information content (AvgIpc) is 2.45. The molecule has 2 rings (SSSR count). The SMILES string of the molecule is CC1CCC(C(=O)NCC2CCCCC2CO)CC1. The van der Waals surface area contributed by atoms with Crippen molar-refractivity contribution in [3.8, 4) is 0 Å². The van der Waals surface area contributed by atoms with Crippen molar-refractivity contribution in [2.45, 2.75) is 58.3 Å². The monoisotopic (exact) mass is 267 g/mol. The topological polar surface area (TPSA) is 49.3 Å². The third kappa shape index (κ3) is 4.20. The van der Waals surface area contributed by atoms with Crippen molar-refractivity contribution in [1.82, 2.24) is 5.32 Å². The Kier molecular flexibility index (Phi) is 5.68. The number of nitrogens with one attached hydrogen (secondary N) is 1. The van der Waals surface area contributed by atoms with Gasteiger partial charge < -0.3 is 10.4 Å². The van der Waals surface area contributed by atoms with Crippen molar-refractivity contribution in [1.29, 1.82) is 0 Å². The number of hydrogen-bond acceptors (Lipinski definition) is 2. The summed E-state index contributed by atoms with van der Waals surface area (Å²) < 4.78 is 0. The van der Waals surface area contributed by atoms with Crippen LogP contribution in [-0.4, -0.2) is 24.2 Å². The van der Waals surface area contributed by atoms with Gasteiger partial charge in [-0.25, -0.2) is 0 Å². The smallest absolute Gasteiger partial charge is 0.223 e. The van der Waals surface area contributed by atoms with Gasteiger partial charge in [0.1, 0.15) is 0 Å². The van der Waals surface area contributed by atoms with E-state index < -0.39 is 0 Å². The van der Waals surface area contributed by atoms with Crippen LogP contribution in [0.2, 0.25) is 0 Å². The fourth-order valence-electron chi connectivity index (χ4n) is 3.69. The standard InChI is InChI=1S/C16H29NO2/c1-12-6-8-13(9-7-12)16(19)17-10-14-4-2-3-5-15(14)11-18/h12-15,18H,2-11H2,1H3,(H,17,19). The normalized spacial score (nSPS) is 35.9. The van der Waals surface area contributed by atoms with E-state index in [0.29, 0.717) is 11.8 Å². The van der Waals surface area contributed by atoms with E-state index in [9.17, 15) is 9.90 Å². The van der Waals surface area contributed by atoms with Gasteiger partial charge in [0.25, 0.3) is 0 Å². The number of hydrogen-bond donors (Lipinski definition) is 2. The summed E-state index contributed by atoms with van der Waals surface area (Å²) in [6.45, 7) is 3.33. The van der Waals surface area contributed by atoms with Crippen molar-refractivity contribution >= 4 is 5.91 Å². The molecule has 2 atom stereocenters. The van der Waals surface area contributed by atoms with Crippen molar-refractivity contribution in [3.05, 3.63) is 0 Å². The van der Waals surface area contributed by atoms with Crippen LogP contribution in [0.1, 0.15) is 58.3 Å². The van der Waals surface area contributed by atoms with Crippen molar-refractivity contribution in [2.75, 3.05) is 13.2 Å². The third-order valence-electron chi connectivity index (χ3n) is 5.23. The van der Waals surface area contributed by atoms with E-state index in [-0.39, 0.29) is 18.4 Å². The van der Waals surface area contributed by atoms with Gasteiger partial charge in [0, 0.05) is 19.1 Å². The molecule has 2 saturated carbocycles. The highest BCUT2D eigenvalue weighted by Gasteiger charge is 2.27. The maximum absolute atomic E-state index is 12.2. The van der Waals surface area contributed by atoms with Crippen LogP contribution in [-0.2, 0) is 4.79 Å². The number of amides is 1. The summed E-state index contributed by atoms with van der Waals surface area (Å²) in [4.78, 5) is 12.2. The first kappa shape index (κ1) is 14.8. The van der Waals surface area contributed by atoms with Gasteiger partial charge in [-0.2, -0.15) is 0 Å². The molecule has 0 saturated heterocycles. The molecule has 110 valence electrons. The maximum atomic E-state index is 12.2. The molecule has 2 unspecified atom stereocenters. The van der Waals surface area contributed by atoms with Crippen molar-refractivity contribution < 1.29 is 9.90 Å². The number of aliphatic hydroxyl groups is 1. The van der Waals surface area contributed by atoms with Crippen LogP contribution < -0.4 is 5.32 Å². The molecule has 19 heavy (non-hydrogen) atoms. The molecule has 0 aliphatic heterocycles. The Morgan fingerprint density at radius 2 is 1.68 bits per heavy atom. The van der Waals surface area contributed by atoms with E-state index in [1.165, 1.54) is 25.7 Å². The summed E-state index contributed by atoms with van der Waals surface area (Å²) in [5.74, 6) is 2.19. The van der Waals surface area contributed by atoms with E-state index in [2.05, 4.69) is 12.2 Å². The first-order chi connectivity index (χ1) is 9.20. The molecule has 0 spiro atoms. The van der Waals surface area contributed by atoms with E-state index >= 15 is 0 Å². The van der Waals surface area contributed by atoms with Gasteiger partial charge >= 0.3 is 0 Å². The summed E-state index contributed by atoms with van der Waals surface area (Å²) in [7, 11) is 0. The van der Waals surface area contributed by atoms with E-state index in [1.54, 1.807) is 0 Å². The van der Waals surface area contributed by atoms with Gasteiger partial charge in [-0.1, -0.05) is 19.8 Å². The van der Waals surface area contributed by atoms with Gasteiger partial charge in [0.2, 0.25) is 5.91 Å². The van der Waals surface area contributed by atoms with Crippen LogP contribution in [0.5, 0.6) is 0 Å². The minimum atomic E-state index is 0.243. The highest BCUT2D eigenvalue weighted by molar-refractivity contribution is 5.78. The fraction of sp³-hybridized carbons (Fsp3) is 0.938. The molecular weight excluding hydrogens is 238 g/mol.